The highest BCUT2D eigenvalue weighted by molar-refractivity contribution is 6.00. The molecular weight excluding hydrogens is 406 g/mol. The molecule has 0 aliphatic heterocycles. The average Bonchev–Trinajstić information content (AvgIpc) is 3.10. The molecule has 0 spiro atoms. The summed E-state index contributed by atoms with van der Waals surface area (Å²) in [6, 6.07) is -0.445. The van der Waals surface area contributed by atoms with Crippen molar-refractivity contribution >= 4 is 5.78 Å². The molecule has 0 radical (unpaired) electrons. The van der Waals surface area contributed by atoms with Gasteiger partial charge in [0.15, 0.2) is 5.78 Å². The number of aliphatic hydroxyl groups is 1. The second kappa shape index (κ2) is 9.41. The minimum Gasteiger partial charge on any atom is -0.393 e. The Hall–Kier alpha value is -0.670. The molecule has 0 aromatic carbocycles. The van der Waals surface area contributed by atoms with E-state index in [2.05, 4.69) is 34.6 Å². The van der Waals surface area contributed by atoms with Gasteiger partial charge in [-0.15, -0.1) is 0 Å². The molecule has 3 fully saturated rings. The second-order valence-electron chi connectivity index (χ2n) is 13.5. The van der Waals surface area contributed by atoms with E-state index in [1.807, 2.05) is 6.92 Å². The van der Waals surface area contributed by atoms with E-state index in [9.17, 15) is 9.90 Å². The number of hydrogen-bond acceptors (Lipinski definition) is 3. The van der Waals surface area contributed by atoms with Crippen LogP contribution >= 0.6 is 0 Å². The summed E-state index contributed by atoms with van der Waals surface area (Å²) in [6.07, 6.45) is 12.6. The summed E-state index contributed by atoms with van der Waals surface area (Å²) in [4.78, 5) is 13.3. The molecule has 33 heavy (non-hydrogen) atoms. The molecule has 0 heterocycles. The van der Waals surface area contributed by atoms with E-state index in [1.165, 1.54) is 50.5 Å². The molecule has 3 heteroatoms. The third kappa shape index (κ3) is 4.39. The highest BCUT2D eigenvalue weighted by atomic mass is 16.3. The van der Waals surface area contributed by atoms with Crippen molar-refractivity contribution in [2.24, 2.45) is 52.1 Å². The quantitative estimate of drug-likeness (QED) is 0.448. The zero-order chi connectivity index (χ0) is 24.1. The lowest BCUT2D eigenvalue weighted by atomic mass is 9.45. The number of rotatable bonds is 7. The van der Waals surface area contributed by atoms with Crippen LogP contribution in [0.2, 0.25) is 0 Å². The van der Waals surface area contributed by atoms with Crippen molar-refractivity contribution in [3.8, 4) is 0 Å². The van der Waals surface area contributed by atoms with Gasteiger partial charge in [-0.3, -0.25) is 4.79 Å². The van der Waals surface area contributed by atoms with Crippen LogP contribution in [0.15, 0.2) is 11.1 Å². The van der Waals surface area contributed by atoms with Crippen LogP contribution in [0.4, 0.5) is 0 Å². The molecule has 0 aromatic heterocycles. The number of ketones is 1. The molecule has 0 amide bonds. The maximum atomic E-state index is 13.3. The van der Waals surface area contributed by atoms with Gasteiger partial charge in [0.05, 0.1) is 12.1 Å². The Morgan fingerprint density at radius 1 is 1.00 bits per heavy atom. The second-order valence-corrected chi connectivity index (χ2v) is 13.5. The van der Waals surface area contributed by atoms with Crippen molar-refractivity contribution in [1.29, 1.82) is 0 Å². The lowest BCUT2D eigenvalue weighted by Crippen LogP contribution is -2.52. The Labute approximate surface area is 203 Å². The SMILES string of the molecule is CC(C)CCC[C@@H](C)[C@H]1CC[C@H]2[C@@H]3CC(C(=O)[C@H](C)N)=C4C[C@@H](O)CC[C@]4(C)[C@H]3CC[C@]12C. The van der Waals surface area contributed by atoms with Crippen molar-refractivity contribution in [1.82, 2.24) is 0 Å². The number of hydrogen-bond donors (Lipinski definition) is 2. The average molecular weight is 458 g/mol. The van der Waals surface area contributed by atoms with Crippen LogP contribution < -0.4 is 5.73 Å². The molecular formula is C30H51NO2. The molecule has 4 rings (SSSR count). The van der Waals surface area contributed by atoms with Crippen LogP contribution in [-0.4, -0.2) is 23.0 Å². The number of fused-ring (bicyclic) bond motifs is 5. The molecule has 0 saturated heterocycles. The zero-order valence-electron chi connectivity index (χ0n) is 22.3. The van der Waals surface area contributed by atoms with Gasteiger partial charge in [-0.25, -0.2) is 0 Å². The minimum absolute atomic E-state index is 0.0737. The lowest BCUT2D eigenvalue weighted by Gasteiger charge is -2.59. The van der Waals surface area contributed by atoms with Crippen LogP contribution in [0.1, 0.15) is 112 Å². The third-order valence-corrected chi connectivity index (χ3v) is 11.1. The van der Waals surface area contributed by atoms with E-state index < -0.39 is 6.04 Å². The predicted octanol–water partition coefficient (Wildman–Crippen LogP) is 6.68. The summed E-state index contributed by atoms with van der Waals surface area (Å²) in [6.45, 7) is 14.1. The smallest absolute Gasteiger partial charge is 0.175 e. The number of carbonyl (C=O) groups is 1. The van der Waals surface area contributed by atoms with Crippen LogP contribution in [0.25, 0.3) is 0 Å². The molecule has 4 aliphatic rings. The minimum atomic E-state index is -0.445. The van der Waals surface area contributed by atoms with Crippen LogP contribution in [0.3, 0.4) is 0 Å². The fourth-order valence-electron chi connectivity index (χ4n) is 9.34. The van der Waals surface area contributed by atoms with Gasteiger partial charge in [-0.2, -0.15) is 0 Å². The van der Waals surface area contributed by atoms with Crippen molar-refractivity contribution in [2.75, 3.05) is 0 Å². The van der Waals surface area contributed by atoms with E-state index in [0.717, 1.165) is 48.5 Å². The summed E-state index contributed by atoms with van der Waals surface area (Å²) in [7, 11) is 0. The molecule has 3 nitrogen and oxygen atoms in total. The van der Waals surface area contributed by atoms with E-state index in [1.54, 1.807) is 0 Å². The standard InChI is InChI=1S/C30H51NO2/c1-18(2)8-7-9-19(3)24-10-11-25-22-17-23(28(33)20(4)31)27-16-21(32)12-14-30(27,6)26(22)13-15-29(24,25)5/h18-22,24-26,32H,7-17,31H2,1-6H3/t19-,20+,21+,22+,24-,25+,26+,29-,30-/m1/s1. The molecule has 4 aliphatic carbocycles. The molecule has 3 N–H and O–H groups in total. The van der Waals surface area contributed by atoms with Gasteiger partial charge in [-0.05, 0) is 110 Å². The van der Waals surface area contributed by atoms with Gasteiger partial charge in [0.2, 0.25) is 0 Å². The maximum Gasteiger partial charge on any atom is 0.175 e. The topological polar surface area (TPSA) is 63.3 Å². The fourth-order valence-corrected chi connectivity index (χ4v) is 9.34. The first-order valence-corrected chi connectivity index (χ1v) is 14.2. The molecule has 0 bridgehead atoms. The summed E-state index contributed by atoms with van der Waals surface area (Å²) in [5.74, 6) is 4.59. The monoisotopic (exact) mass is 457 g/mol. The highest BCUT2D eigenvalue weighted by Crippen LogP contribution is 2.68. The van der Waals surface area contributed by atoms with E-state index in [-0.39, 0.29) is 17.3 Å². The van der Waals surface area contributed by atoms with Crippen LogP contribution in [-0.2, 0) is 4.79 Å². The van der Waals surface area contributed by atoms with Gasteiger partial charge in [-0.1, -0.05) is 59.5 Å². The first kappa shape index (κ1) is 25.4. The third-order valence-electron chi connectivity index (χ3n) is 11.1. The first-order chi connectivity index (χ1) is 15.5. The van der Waals surface area contributed by atoms with E-state index in [4.69, 9.17) is 5.73 Å². The van der Waals surface area contributed by atoms with Crippen LogP contribution in [0.5, 0.6) is 0 Å². The van der Waals surface area contributed by atoms with Gasteiger partial charge in [0.25, 0.3) is 0 Å². The predicted molar refractivity (Wildman–Crippen MR) is 137 cm³/mol. The van der Waals surface area contributed by atoms with Gasteiger partial charge in [0.1, 0.15) is 0 Å². The molecule has 0 unspecified atom stereocenters. The highest BCUT2D eigenvalue weighted by Gasteiger charge is 2.60. The Kier molecular flexibility index (Phi) is 7.25. The van der Waals surface area contributed by atoms with Crippen molar-refractivity contribution in [3.05, 3.63) is 11.1 Å². The molecule has 9 atom stereocenters. The summed E-state index contributed by atoms with van der Waals surface area (Å²) in [5.41, 5.74) is 8.94. The van der Waals surface area contributed by atoms with Crippen molar-refractivity contribution < 1.29 is 9.90 Å². The molecule has 3 saturated carbocycles. The number of Topliss-reactive ketones (excluding diaryl/α,β-unsaturated/α-hetero) is 1. The maximum absolute atomic E-state index is 13.3. The summed E-state index contributed by atoms with van der Waals surface area (Å²) < 4.78 is 0. The Morgan fingerprint density at radius 2 is 1.73 bits per heavy atom. The van der Waals surface area contributed by atoms with Gasteiger partial charge >= 0.3 is 0 Å². The van der Waals surface area contributed by atoms with Gasteiger partial charge < -0.3 is 10.8 Å². The Bertz CT molecular complexity index is 769. The van der Waals surface area contributed by atoms with E-state index in [0.29, 0.717) is 23.7 Å². The Balaban J connectivity index is 1.62. The normalized spacial score (nSPS) is 42.5. The number of aliphatic hydroxyl groups excluding tert-OH is 1. The van der Waals surface area contributed by atoms with Crippen molar-refractivity contribution in [3.63, 3.8) is 0 Å². The lowest BCUT2D eigenvalue weighted by molar-refractivity contribution is -0.118. The first-order valence-electron chi connectivity index (χ1n) is 14.2. The summed E-state index contributed by atoms with van der Waals surface area (Å²) >= 11 is 0. The fraction of sp³-hybridized carbons (Fsp3) is 0.900. The summed E-state index contributed by atoms with van der Waals surface area (Å²) in [5, 5.41) is 10.5. The van der Waals surface area contributed by atoms with Gasteiger partial charge in [0, 0.05) is 0 Å². The Morgan fingerprint density at radius 3 is 2.39 bits per heavy atom. The number of carbonyl (C=O) groups excluding carboxylic acids is 1. The zero-order valence-corrected chi connectivity index (χ0v) is 22.3. The van der Waals surface area contributed by atoms with E-state index >= 15 is 0 Å². The van der Waals surface area contributed by atoms with Crippen molar-refractivity contribution in [2.45, 2.75) is 124 Å². The van der Waals surface area contributed by atoms with Crippen LogP contribution in [0, 0.1) is 46.3 Å². The number of nitrogens with two attached hydrogens (primary N) is 1. The largest absolute Gasteiger partial charge is 0.393 e. The molecule has 0 aromatic rings. The molecule has 188 valence electrons.